The van der Waals surface area contributed by atoms with Crippen LogP contribution < -0.4 is 10.6 Å². The fourth-order valence-corrected chi connectivity index (χ4v) is 3.63. The monoisotopic (exact) mass is 300 g/mol. The molecule has 106 valence electrons. The van der Waals surface area contributed by atoms with Crippen molar-refractivity contribution in [2.75, 3.05) is 29.5 Å². The predicted molar refractivity (Wildman–Crippen MR) is 83.5 cm³/mol. The third kappa shape index (κ3) is 3.71. The molecule has 1 heterocycles. The van der Waals surface area contributed by atoms with Crippen LogP contribution in [0.2, 0.25) is 5.02 Å². The van der Waals surface area contributed by atoms with E-state index in [2.05, 4.69) is 17.9 Å². The highest BCUT2D eigenvalue weighted by molar-refractivity contribution is 7.85. The molecular weight excluding hydrogens is 280 g/mol. The molecule has 1 aliphatic heterocycles. The first-order valence-corrected chi connectivity index (χ1v) is 8.61. The lowest BCUT2D eigenvalue weighted by Crippen LogP contribution is -2.38. The standard InChI is InChI=1S/C14H21ClN2OS/c1-2-11(16)10-12-13(15)4-3-5-14(12)17-6-8-19(18)9-7-17/h3-5,11H,2,6-10,16H2,1H3. The summed E-state index contributed by atoms with van der Waals surface area (Å²) in [5.41, 5.74) is 8.36. The van der Waals surface area contributed by atoms with Crippen molar-refractivity contribution >= 4 is 28.1 Å². The van der Waals surface area contributed by atoms with Crippen molar-refractivity contribution in [3.63, 3.8) is 0 Å². The molecule has 0 saturated carbocycles. The van der Waals surface area contributed by atoms with Crippen LogP contribution in [-0.2, 0) is 17.2 Å². The van der Waals surface area contributed by atoms with Crippen LogP contribution in [0.25, 0.3) is 0 Å². The Labute approximate surface area is 122 Å². The number of benzene rings is 1. The number of hydrogen-bond acceptors (Lipinski definition) is 3. The third-order valence-electron chi connectivity index (χ3n) is 3.60. The molecule has 0 aliphatic carbocycles. The number of halogens is 1. The van der Waals surface area contributed by atoms with Crippen molar-refractivity contribution in [1.82, 2.24) is 0 Å². The number of nitrogens with zero attached hydrogens (tertiary/aromatic N) is 1. The molecule has 1 aromatic carbocycles. The minimum absolute atomic E-state index is 0.137. The summed E-state index contributed by atoms with van der Waals surface area (Å²) < 4.78 is 11.5. The van der Waals surface area contributed by atoms with E-state index in [1.807, 2.05) is 12.1 Å². The first-order valence-electron chi connectivity index (χ1n) is 6.74. The van der Waals surface area contributed by atoms with Gasteiger partial charge in [-0.2, -0.15) is 0 Å². The van der Waals surface area contributed by atoms with Crippen LogP contribution in [0.4, 0.5) is 5.69 Å². The largest absolute Gasteiger partial charge is 0.369 e. The maximum absolute atomic E-state index is 11.5. The van der Waals surface area contributed by atoms with Crippen molar-refractivity contribution in [3.8, 4) is 0 Å². The Kier molecular flexibility index (Phi) is 5.25. The van der Waals surface area contributed by atoms with E-state index >= 15 is 0 Å². The van der Waals surface area contributed by atoms with Gasteiger partial charge in [0.1, 0.15) is 0 Å². The van der Waals surface area contributed by atoms with Gasteiger partial charge in [-0.3, -0.25) is 4.21 Å². The highest BCUT2D eigenvalue weighted by atomic mass is 35.5. The molecule has 1 aromatic rings. The van der Waals surface area contributed by atoms with Crippen LogP contribution in [0, 0.1) is 0 Å². The minimum Gasteiger partial charge on any atom is -0.369 e. The van der Waals surface area contributed by atoms with E-state index in [1.54, 1.807) is 0 Å². The summed E-state index contributed by atoms with van der Waals surface area (Å²) in [5, 5.41) is 0.785. The normalized spacial score (nSPS) is 18.6. The summed E-state index contributed by atoms with van der Waals surface area (Å²) in [7, 11) is -0.658. The van der Waals surface area contributed by atoms with Gasteiger partial charge in [0.15, 0.2) is 0 Å². The summed E-state index contributed by atoms with van der Waals surface area (Å²) in [5.74, 6) is 1.48. The lowest BCUT2D eigenvalue weighted by Gasteiger charge is -2.31. The second kappa shape index (κ2) is 6.73. The summed E-state index contributed by atoms with van der Waals surface area (Å²) in [6, 6.07) is 6.13. The SMILES string of the molecule is CCC(N)Cc1c(Cl)cccc1N1CCS(=O)CC1. The van der Waals surface area contributed by atoms with Gasteiger partial charge in [0, 0.05) is 52.1 Å². The van der Waals surface area contributed by atoms with Gasteiger partial charge in [0.2, 0.25) is 0 Å². The topological polar surface area (TPSA) is 46.3 Å². The summed E-state index contributed by atoms with van der Waals surface area (Å²) in [6.45, 7) is 3.76. The number of rotatable bonds is 4. The van der Waals surface area contributed by atoms with Crippen LogP contribution >= 0.6 is 11.6 Å². The number of nitrogens with two attached hydrogens (primary N) is 1. The zero-order chi connectivity index (χ0) is 13.8. The predicted octanol–water partition coefficient (Wildman–Crippen LogP) is 2.19. The molecule has 5 heteroatoms. The first kappa shape index (κ1) is 14.8. The fraction of sp³-hybridized carbons (Fsp3) is 0.571. The van der Waals surface area contributed by atoms with E-state index in [9.17, 15) is 4.21 Å². The van der Waals surface area contributed by atoms with Crippen LogP contribution in [-0.4, -0.2) is 34.8 Å². The van der Waals surface area contributed by atoms with Gasteiger partial charge in [-0.1, -0.05) is 24.6 Å². The molecular formula is C14H21ClN2OS. The van der Waals surface area contributed by atoms with Gasteiger partial charge in [-0.05, 0) is 30.5 Å². The second-order valence-corrected chi connectivity index (χ2v) is 7.05. The molecule has 2 N–H and O–H groups in total. The van der Waals surface area contributed by atoms with Gasteiger partial charge in [0.05, 0.1) is 0 Å². The Morgan fingerprint density at radius 1 is 1.42 bits per heavy atom. The number of anilines is 1. The molecule has 0 spiro atoms. The average Bonchev–Trinajstić information content (AvgIpc) is 2.42. The fourth-order valence-electron chi connectivity index (χ4n) is 2.33. The van der Waals surface area contributed by atoms with Crippen LogP contribution in [0.15, 0.2) is 18.2 Å². The quantitative estimate of drug-likeness (QED) is 0.927. The van der Waals surface area contributed by atoms with E-state index in [1.165, 1.54) is 0 Å². The van der Waals surface area contributed by atoms with E-state index < -0.39 is 10.8 Å². The summed E-state index contributed by atoms with van der Waals surface area (Å²) in [4.78, 5) is 2.28. The van der Waals surface area contributed by atoms with Gasteiger partial charge in [0.25, 0.3) is 0 Å². The van der Waals surface area contributed by atoms with Crippen molar-refractivity contribution in [2.24, 2.45) is 5.73 Å². The molecule has 0 bridgehead atoms. The minimum atomic E-state index is -0.658. The Morgan fingerprint density at radius 3 is 2.74 bits per heavy atom. The highest BCUT2D eigenvalue weighted by Gasteiger charge is 2.20. The lowest BCUT2D eigenvalue weighted by molar-refractivity contribution is 0.643. The molecule has 1 aliphatic rings. The van der Waals surface area contributed by atoms with Crippen LogP contribution in [0.1, 0.15) is 18.9 Å². The van der Waals surface area contributed by atoms with Crippen LogP contribution in [0.5, 0.6) is 0 Å². The lowest BCUT2D eigenvalue weighted by atomic mass is 10.0. The highest BCUT2D eigenvalue weighted by Crippen LogP contribution is 2.29. The van der Waals surface area contributed by atoms with E-state index in [-0.39, 0.29) is 6.04 Å². The van der Waals surface area contributed by atoms with E-state index in [4.69, 9.17) is 17.3 Å². The molecule has 19 heavy (non-hydrogen) atoms. The molecule has 1 atom stereocenters. The maximum Gasteiger partial charge on any atom is 0.0459 e. The van der Waals surface area contributed by atoms with Gasteiger partial charge in [-0.15, -0.1) is 0 Å². The van der Waals surface area contributed by atoms with Crippen molar-refractivity contribution in [3.05, 3.63) is 28.8 Å². The van der Waals surface area contributed by atoms with Crippen LogP contribution in [0.3, 0.4) is 0 Å². The van der Waals surface area contributed by atoms with Crippen molar-refractivity contribution < 1.29 is 4.21 Å². The second-order valence-electron chi connectivity index (χ2n) is 4.95. The molecule has 1 fully saturated rings. The Hall–Kier alpha value is -0.580. The Bertz CT molecular complexity index is 457. The first-order chi connectivity index (χ1) is 9.11. The zero-order valence-corrected chi connectivity index (χ0v) is 12.8. The molecule has 3 nitrogen and oxygen atoms in total. The third-order valence-corrected chi connectivity index (χ3v) is 5.23. The molecule has 1 unspecified atom stereocenters. The summed E-state index contributed by atoms with van der Waals surface area (Å²) >= 11 is 6.34. The van der Waals surface area contributed by atoms with Crippen molar-refractivity contribution in [2.45, 2.75) is 25.8 Å². The Morgan fingerprint density at radius 2 is 2.11 bits per heavy atom. The zero-order valence-electron chi connectivity index (χ0n) is 11.3. The van der Waals surface area contributed by atoms with Crippen molar-refractivity contribution in [1.29, 1.82) is 0 Å². The molecule has 0 amide bonds. The van der Waals surface area contributed by atoms with Gasteiger partial charge >= 0.3 is 0 Å². The number of hydrogen-bond donors (Lipinski definition) is 1. The molecule has 2 rings (SSSR count). The molecule has 1 saturated heterocycles. The van der Waals surface area contributed by atoms with Gasteiger partial charge in [-0.25, -0.2) is 0 Å². The van der Waals surface area contributed by atoms with Gasteiger partial charge < -0.3 is 10.6 Å². The summed E-state index contributed by atoms with van der Waals surface area (Å²) in [6.07, 6.45) is 1.74. The molecule has 0 aromatic heterocycles. The average molecular weight is 301 g/mol. The Balaban J connectivity index is 2.24. The van der Waals surface area contributed by atoms with E-state index in [0.29, 0.717) is 0 Å². The van der Waals surface area contributed by atoms with E-state index in [0.717, 1.165) is 53.7 Å². The molecule has 0 radical (unpaired) electrons. The maximum atomic E-state index is 11.5. The smallest absolute Gasteiger partial charge is 0.0459 e.